The van der Waals surface area contributed by atoms with Crippen LogP contribution < -0.4 is 0 Å². The molecule has 0 aliphatic carbocycles. The maximum Gasteiger partial charge on any atom is 0.160 e. The van der Waals surface area contributed by atoms with E-state index in [-0.39, 0.29) is 0 Å². The molecule has 0 aliphatic heterocycles. The molecular formula is C42H26N2S. The Bertz CT molecular complexity index is 2510. The lowest BCUT2D eigenvalue weighted by Gasteiger charge is -2.15. The molecule has 0 bridgehead atoms. The summed E-state index contributed by atoms with van der Waals surface area (Å²) >= 11 is 1.83. The number of hydrogen-bond acceptors (Lipinski definition) is 3. The van der Waals surface area contributed by atoms with Crippen molar-refractivity contribution < 1.29 is 0 Å². The third-order valence-electron chi connectivity index (χ3n) is 8.65. The summed E-state index contributed by atoms with van der Waals surface area (Å²) < 4.78 is 1.30. The summed E-state index contributed by atoms with van der Waals surface area (Å²) in [5.41, 5.74) is 6.22. The number of nitrogens with zero attached hydrogens (tertiary/aromatic N) is 2. The fourth-order valence-electron chi connectivity index (χ4n) is 6.49. The second kappa shape index (κ2) is 10.5. The van der Waals surface area contributed by atoms with Gasteiger partial charge in [0.05, 0.1) is 11.4 Å². The molecule has 3 heteroatoms. The second-order valence-electron chi connectivity index (χ2n) is 11.4. The summed E-state index contributed by atoms with van der Waals surface area (Å²) in [5, 5.41) is 8.56. The average Bonchev–Trinajstić information content (AvgIpc) is 3.55. The predicted molar refractivity (Wildman–Crippen MR) is 192 cm³/mol. The molecule has 9 rings (SSSR count). The highest BCUT2D eigenvalue weighted by Gasteiger charge is 2.17. The van der Waals surface area contributed by atoms with E-state index in [2.05, 4.69) is 140 Å². The van der Waals surface area contributed by atoms with E-state index in [4.69, 9.17) is 9.97 Å². The van der Waals surface area contributed by atoms with E-state index in [1.54, 1.807) is 0 Å². The van der Waals surface area contributed by atoms with Crippen LogP contribution in [-0.4, -0.2) is 9.97 Å². The van der Waals surface area contributed by atoms with Crippen molar-refractivity contribution in [2.24, 2.45) is 0 Å². The van der Waals surface area contributed by atoms with Gasteiger partial charge >= 0.3 is 0 Å². The van der Waals surface area contributed by atoms with Crippen LogP contribution in [0.3, 0.4) is 0 Å². The fraction of sp³-hybridized carbons (Fsp3) is 0. The molecule has 0 N–H and O–H groups in total. The Hall–Kier alpha value is -5.64. The van der Waals surface area contributed by atoms with Crippen molar-refractivity contribution in [3.63, 3.8) is 0 Å². The maximum atomic E-state index is 5.28. The standard InChI is InChI=1S/C42H26N2S/c1-2-12-28(13-3-1)42-43-37(30-16-10-17-31(23-30)40-25-32-15-6-9-20-39(32)45-40)26-38(44-42)41-34-19-8-5-14-29(34)24-36-33-18-7-4-11-27(33)21-22-35(36)41/h1-26H. The number of fused-ring (bicyclic) bond motifs is 5. The minimum atomic E-state index is 0.720. The Labute approximate surface area is 264 Å². The van der Waals surface area contributed by atoms with E-state index in [9.17, 15) is 0 Å². The number of thiophene rings is 1. The van der Waals surface area contributed by atoms with Gasteiger partial charge in [-0.1, -0.05) is 127 Å². The lowest BCUT2D eigenvalue weighted by atomic mass is 9.91. The van der Waals surface area contributed by atoms with Crippen LogP contribution in [0.2, 0.25) is 0 Å². The van der Waals surface area contributed by atoms with Crippen molar-refractivity contribution in [1.29, 1.82) is 0 Å². The third-order valence-corrected chi connectivity index (χ3v) is 9.82. The summed E-state index contributed by atoms with van der Waals surface area (Å²) in [4.78, 5) is 11.7. The Kier molecular flexibility index (Phi) is 6.03. The molecule has 0 aliphatic rings. The van der Waals surface area contributed by atoms with Gasteiger partial charge in [-0.2, -0.15) is 0 Å². The van der Waals surface area contributed by atoms with Crippen molar-refractivity contribution in [3.05, 3.63) is 158 Å². The molecule has 0 saturated heterocycles. The lowest BCUT2D eigenvalue weighted by molar-refractivity contribution is 1.19. The highest BCUT2D eigenvalue weighted by molar-refractivity contribution is 7.22. The van der Waals surface area contributed by atoms with Gasteiger partial charge in [0.1, 0.15) is 0 Å². The van der Waals surface area contributed by atoms with Gasteiger partial charge in [-0.15, -0.1) is 11.3 Å². The molecule has 2 heterocycles. The van der Waals surface area contributed by atoms with Gasteiger partial charge in [-0.25, -0.2) is 9.97 Å². The largest absolute Gasteiger partial charge is 0.228 e. The van der Waals surface area contributed by atoms with Crippen LogP contribution in [0, 0.1) is 0 Å². The molecule has 210 valence electrons. The fourth-order valence-corrected chi connectivity index (χ4v) is 7.55. The Balaban J connectivity index is 1.31. The first-order valence-electron chi connectivity index (χ1n) is 15.2. The van der Waals surface area contributed by atoms with E-state index < -0.39 is 0 Å². The molecule has 0 fully saturated rings. The van der Waals surface area contributed by atoms with Gasteiger partial charge in [0, 0.05) is 26.3 Å². The first-order valence-corrected chi connectivity index (χ1v) is 16.0. The number of benzene rings is 7. The predicted octanol–water partition coefficient (Wildman–Crippen LogP) is 11.8. The van der Waals surface area contributed by atoms with Crippen LogP contribution in [0.1, 0.15) is 0 Å². The van der Waals surface area contributed by atoms with Crippen LogP contribution in [0.15, 0.2) is 158 Å². The molecule has 7 aromatic carbocycles. The van der Waals surface area contributed by atoms with Crippen molar-refractivity contribution in [1.82, 2.24) is 9.97 Å². The Morgan fingerprint density at radius 3 is 1.93 bits per heavy atom. The molecule has 0 saturated carbocycles. The monoisotopic (exact) mass is 590 g/mol. The first-order chi connectivity index (χ1) is 22.3. The molecule has 45 heavy (non-hydrogen) atoms. The van der Waals surface area contributed by atoms with Gasteiger partial charge in [0.2, 0.25) is 0 Å². The molecule has 0 radical (unpaired) electrons. The maximum absolute atomic E-state index is 5.28. The average molecular weight is 591 g/mol. The van der Waals surface area contributed by atoms with Crippen LogP contribution in [-0.2, 0) is 0 Å². The van der Waals surface area contributed by atoms with E-state index >= 15 is 0 Å². The zero-order valence-corrected chi connectivity index (χ0v) is 25.1. The molecule has 0 atom stereocenters. The molecule has 0 amide bonds. The van der Waals surface area contributed by atoms with E-state index in [0.717, 1.165) is 33.9 Å². The summed E-state index contributed by atoms with van der Waals surface area (Å²) in [6.07, 6.45) is 0. The van der Waals surface area contributed by atoms with Gasteiger partial charge in [-0.3, -0.25) is 0 Å². The number of hydrogen-bond donors (Lipinski definition) is 0. The second-order valence-corrected chi connectivity index (χ2v) is 12.5. The van der Waals surface area contributed by atoms with Gasteiger partial charge < -0.3 is 0 Å². The van der Waals surface area contributed by atoms with Crippen molar-refractivity contribution in [3.8, 4) is 44.3 Å². The van der Waals surface area contributed by atoms with Crippen molar-refractivity contribution in [2.45, 2.75) is 0 Å². The minimum Gasteiger partial charge on any atom is -0.228 e. The van der Waals surface area contributed by atoms with Crippen LogP contribution in [0.4, 0.5) is 0 Å². The summed E-state index contributed by atoms with van der Waals surface area (Å²) in [7, 11) is 0. The zero-order valence-electron chi connectivity index (χ0n) is 24.3. The smallest absolute Gasteiger partial charge is 0.160 e. The quantitative estimate of drug-likeness (QED) is 0.150. The molecule has 2 aromatic heterocycles. The van der Waals surface area contributed by atoms with Crippen LogP contribution in [0.25, 0.3) is 86.7 Å². The van der Waals surface area contributed by atoms with Crippen molar-refractivity contribution >= 4 is 53.7 Å². The number of rotatable bonds is 4. The van der Waals surface area contributed by atoms with E-state index in [1.807, 2.05) is 29.5 Å². The topological polar surface area (TPSA) is 25.8 Å². The van der Waals surface area contributed by atoms with Gasteiger partial charge in [-0.05, 0) is 73.6 Å². The molecule has 2 nitrogen and oxygen atoms in total. The molecule has 0 unspecified atom stereocenters. The highest BCUT2D eigenvalue weighted by atomic mass is 32.1. The van der Waals surface area contributed by atoms with E-state index in [0.29, 0.717) is 0 Å². The minimum absolute atomic E-state index is 0.720. The Morgan fingerprint density at radius 1 is 0.378 bits per heavy atom. The SMILES string of the molecule is c1ccc(-c2nc(-c3cccc(-c4cc5ccccc5s4)c3)cc(-c3c4ccccc4cc4c3ccc3ccccc34)n2)cc1. The Morgan fingerprint density at radius 2 is 1.07 bits per heavy atom. The normalized spacial score (nSPS) is 11.6. The summed E-state index contributed by atoms with van der Waals surface area (Å²) in [6.45, 7) is 0. The highest BCUT2D eigenvalue weighted by Crippen LogP contribution is 2.41. The molecule has 0 spiro atoms. The van der Waals surface area contributed by atoms with Gasteiger partial charge in [0.25, 0.3) is 0 Å². The third kappa shape index (κ3) is 4.48. The molecule has 9 aromatic rings. The number of aromatic nitrogens is 2. The first kappa shape index (κ1) is 25.8. The van der Waals surface area contributed by atoms with Crippen molar-refractivity contribution in [2.75, 3.05) is 0 Å². The zero-order chi connectivity index (χ0) is 29.7. The van der Waals surface area contributed by atoms with Crippen LogP contribution in [0.5, 0.6) is 0 Å². The summed E-state index contributed by atoms with van der Waals surface area (Å²) in [5.74, 6) is 0.720. The van der Waals surface area contributed by atoms with E-state index in [1.165, 1.54) is 52.8 Å². The summed E-state index contributed by atoms with van der Waals surface area (Å²) in [6, 6.07) is 56.2. The molecular weight excluding hydrogens is 565 g/mol. The van der Waals surface area contributed by atoms with Crippen LogP contribution >= 0.6 is 11.3 Å². The van der Waals surface area contributed by atoms with Gasteiger partial charge in [0.15, 0.2) is 5.82 Å². The lowest BCUT2D eigenvalue weighted by Crippen LogP contribution is -1.97.